The zero-order valence-electron chi connectivity index (χ0n) is 14.1. The molecule has 8 heteroatoms. The molecule has 134 valence electrons. The van der Waals surface area contributed by atoms with Gasteiger partial charge in [-0.2, -0.15) is 0 Å². The van der Waals surface area contributed by atoms with Crippen LogP contribution in [0.5, 0.6) is 0 Å². The number of rotatable bonds is 7. The van der Waals surface area contributed by atoms with Gasteiger partial charge >= 0.3 is 0 Å². The minimum absolute atomic E-state index is 0.126. The van der Waals surface area contributed by atoms with Crippen LogP contribution >= 0.6 is 0 Å². The topological polar surface area (TPSA) is 96.7 Å². The van der Waals surface area contributed by atoms with E-state index in [9.17, 15) is 18.0 Å². The molecule has 0 aliphatic carbocycles. The Labute approximate surface area is 146 Å². The van der Waals surface area contributed by atoms with E-state index in [1.165, 1.54) is 23.3 Å². The Kier molecular flexibility index (Phi) is 5.97. The Bertz CT molecular complexity index is 826. The van der Waals surface area contributed by atoms with Crippen LogP contribution in [0.1, 0.15) is 23.4 Å². The molecular weight excluding hydrogens is 344 g/mol. The summed E-state index contributed by atoms with van der Waals surface area (Å²) < 4.78 is 27.9. The third-order valence-electron chi connectivity index (χ3n) is 3.62. The van der Waals surface area contributed by atoms with Gasteiger partial charge in [-0.15, -0.1) is 0 Å². The van der Waals surface area contributed by atoms with Crippen LogP contribution in [0.15, 0.2) is 52.0 Å². The van der Waals surface area contributed by atoms with Crippen molar-refractivity contribution < 1.29 is 22.4 Å². The summed E-state index contributed by atoms with van der Waals surface area (Å²) in [6.07, 6.45) is 3.29. The van der Waals surface area contributed by atoms with E-state index in [-0.39, 0.29) is 28.9 Å². The lowest BCUT2D eigenvalue weighted by molar-refractivity contribution is -0.118. The van der Waals surface area contributed by atoms with E-state index in [0.717, 1.165) is 6.26 Å². The highest BCUT2D eigenvalue weighted by Gasteiger charge is 2.13. The summed E-state index contributed by atoms with van der Waals surface area (Å²) in [6, 6.07) is 9.31. The molecule has 0 unspecified atom stereocenters. The van der Waals surface area contributed by atoms with Crippen molar-refractivity contribution in [3.8, 4) is 0 Å². The van der Waals surface area contributed by atoms with Gasteiger partial charge in [0.05, 0.1) is 11.2 Å². The van der Waals surface area contributed by atoms with Gasteiger partial charge in [-0.05, 0) is 42.8 Å². The van der Waals surface area contributed by atoms with E-state index in [0.29, 0.717) is 18.7 Å². The lowest BCUT2D eigenvalue weighted by Gasteiger charge is -2.17. The van der Waals surface area contributed by atoms with E-state index in [2.05, 4.69) is 5.32 Å². The number of nitrogens with zero attached hydrogens (tertiary/aromatic N) is 1. The van der Waals surface area contributed by atoms with Gasteiger partial charge in [0.15, 0.2) is 15.6 Å². The molecule has 0 spiro atoms. The summed E-state index contributed by atoms with van der Waals surface area (Å²) in [4.78, 5) is 25.5. The minimum atomic E-state index is -3.26. The largest absolute Gasteiger partial charge is 0.459 e. The second-order valence-electron chi connectivity index (χ2n) is 5.56. The number of nitrogens with one attached hydrogen (secondary N) is 1. The summed E-state index contributed by atoms with van der Waals surface area (Å²) in [5, 5.41) is 2.67. The Morgan fingerprint density at radius 1 is 1.16 bits per heavy atom. The molecule has 1 aromatic heterocycles. The van der Waals surface area contributed by atoms with Crippen molar-refractivity contribution in [2.75, 3.05) is 24.7 Å². The molecule has 1 heterocycles. The third-order valence-corrected chi connectivity index (χ3v) is 4.75. The molecule has 2 rings (SSSR count). The SMILES string of the molecule is CN(C(=O)CCCNC(=O)c1ccco1)c1ccc(S(C)(=O)=O)cc1. The van der Waals surface area contributed by atoms with Crippen molar-refractivity contribution in [3.63, 3.8) is 0 Å². The highest BCUT2D eigenvalue weighted by molar-refractivity contribution is 7.90. The molecule has 0 aliphatic heterocycles. The van der Waals surface area contributed by atoms with Gasteiger partial charge in [0.1, 0.15) is 0 Å². The number of hydrogen-bond acceptors (Lipinski definition) is 5. The molecular formula is C17H20N2O5S. The van der Waals surface area contributed by atoms with E-state index in [1.807, 2.05) is 0 Å². The number of amides is 2. The van der Waals surface area contributed by atoms with Crippen molar-refractivity contribution >= 4 is 27.3 Å². The van der Waals surface area contributed by atoms with Crippen LogP contribution in [-0.4, -0.2) is 40.1 Å². The molecule has 25 heavy (non-hydrogen) atoms. The van der Waals surface area contributed by atoms with Gasteiger partial charge in [0, 0.05) is 32.0 Å². The predicted octanol–water partition coefficient (Wildman–Crippen LogP) is 1.86. The summed E-state index contributed by atoms with van der Waals surface area (Å²) >= 11 is 0. The van der Waals surface area contributed by atoms with Gasteiger partial charge < -0.3 is 14.6 Å². The first-order chi connectivity index (χ1) is 11.8. The second kappa shape index (κ2) is 7.98. The maximum Gasteiger partial charge on any atom is 0.286 e. The van der Waals surface area contributed by atoms with E-state index in [4.69, 9.17) is 4.42 Å². The zero-order valence-corrected chi connectivity index (χ0v) is 14.9. The number of benzene rings is 1. The Morgan fingerprint density at radius 2 is 1.84 bits per heavy atom. The molecule has 0 radical (unpaired) electrons. The highest BCUT2D eigenvalue weighted by Crippen LogP contribution is 2.17. The second-order valence-corrected chi connectivity index (χ2v) is 7.57. The fourth-order valence-corrected chi connectivity index (χ4v) is 2.80. The predicted molar refractivity (Wildman–Crippen MR) is 93.2 cm³/mol. The fourth-order valence-electron chi connectivity index (χ4n) is 2.17. The average molecular weight is 364 g/mol. The molecule has 0 saturated heterocycles. The molecule has 2 amide bonds. The van der Waals surface area contributed by atoms with Crippen LogP contribution in [0, 0.1) is 0 Å². The number of carbonyl (C=O) groups is 2. The maximum absolute atomic E-state index is 12.2. The smallest absolute Gasteiger partial charge is 0.286 e. The molecule has 1 N–H and O–H groups in total. The molecule has 2 aromatic rings. The van der Waals surface area contributed by atoms with Crippen molar-refractivity contribution in [2.45, 2.75) is 17.7 Å². The number of hydrogen-bond donors (Lipinski definition) is 1. The number of furan rings is 1. The third kappa shape index (κ3) is 5.18. The van der Waals surface area contributed by atoms with Gasteiger partial charge in [0.25, 0.3) is 5.91 Å². The summed E-state index contributed by atoms with van der Waals surface area (Å²) in [5.74, 6) is -0.212. The first kappa shape index (κ1) is 18.7. The minimum Gasteiger partial charge on any atom is -0.459 e. The van der Waals surface area contributed by atoms with Crippen LogP contribution in [-0.2, 0) is 14.6 Å². The quantitative estimate of drug-likeness (QED) is 0.757. The lowest BCUT2D eigenvalue weighted by atomic mass is 10.2. The first-order valence-corrected chi connectivity index (χ1v) is 9.56. The molecule has 0 atom stereocenters. The molecule has 0 aliphatic rings. The summed E-state index contributed by atoms with van der Waals surface area (Å²) in [7, 11) is -1.64. The van der Waals surface area contributed by atoms with Crippen LogP contribution in [0.25, 0.3) is 0 Å². The highest BCUT2D eigenvalue weighted by atomic mass is 32.2. The van der Waals surface area contributed by atoms with Gasteiger partial charge in [-0.25, -0.2) is 8.42 Å². The fraction of sp³-hybridized carbons (Fsp3) is 0.294. The zero-order chi connectivity index (χ0) is 18.4. The van der Waals surface area contributed by atoms with E-state index in [1.54, 1.807) is 31.3 Å². The normalized spacial score (nSPS) is 11.1. The Morgan fingerprint density at radius 3 is 2.40 bits per heavy atom. The number of anilines is 1. The average Bonchev–Trinajstić information content (AvgIpc) is 3.11. The van der Waals surface area contributed by atoms with Crippen LogP contribution in [0.3, 0.4) is 0 Å². The Hall–Kier alpha value is -2.61. The Balaban J connectivity index is 1.81. The van der Waals surface area contributed by atoms with Gasteiger partial charge in [0.2, 0.25) is 5.91 Å². The van der Waals surface area contributed by atoms with Gasteiger partial charge in [-0.3, -0.25) is 9.59 Å². The van der Waals surface area contributed by atoms with Crippen molar-refractivity contribution in [3.05, 3.63) is 48.4 Å². The first-order valence-electron chi connectivity index (χ1n) is 7.67. The molecule has 1 aromatic carbocycles. The number of sulfone groups is 1. The molecule has 7 nitrogen and oxygen atoms in total. The monoisotopic (exact) mass is 364 g/mol. The summed E-state index contributed by atoms with van der Waals surface area (Å²) in [5.41, 5.74) is 0.608. The van der Waals surface area contributed by atoms with Crippen molar-refractivity contribution in [2.24, 2.45) is 0 Å². The number of carbonyl (C=O) groups excluding carboxylic acids is 2. The molecule has 0 fully saturated rings. The maximum atomic E-state index is 12.2. The molecule has 0 saturated carbocycles. The van der Waals surface area contributed by atoms with E-state index < -0.39 is 9.84 Å². The standard InChI is InChI=1S/C17H20N2O5S/c1-19(13-7-9-14(10-8-13)25(2,22)23)16(20)6-3-11-18-17(21)15-5-4-12-24-15/h4-5,7-10,12H,3,6,11H2,1-2H3,(H,18,21). The molecule has 0 bridgehead atoms. The van der Waals surface area contributed by atoms with Gasteiger partial charge in [-0.1, -0.05) is 0 Å². The van der Waals surface area contributed by atoms with Crippen molar-refractivity contribution in [1.82, 2.24) is 5.32 Å². The van der Waals surface area contributed by atoms with Crippen LogP contribution in [0.4, 0.5) is 5.69 Å². The summed E-state index contributed by atoms with van der Waals surface area (Å²) in [6.45, 7) is 0.353. The van der Waals surface area contributed by atoms with Crippen LogP contribution < -0.4 is 10.2 Å². The van der Waals surface area contributed by atoms with Crippen LogP contribution in [0.2, 0.25) is 0 Å². The van der Waals surface area contributed by atoms with Crippen molar-refractivity contribution in [1.29, 1.82) is 0 Å². The van der Waals surface area contributed by atoms with E-state index >= 15 is 0 Å². The lowest BCUT2D eigenvalue weighted by Crippen LogP contribution is -2.28.